The predicted molar refractivity (Wildman–Crippen MR) is 99.1 cm³/mol. The van der Waals surface area contributed by atoms with Gasteiger partial charge in [0, 0.05) is 23.9 Å². The van der Waals surface area contributed by atoms with E-state index in [1.807, 2.05) is 20.8 Å². The smallest absolute Gasteiger partial charge is 0.341 e. The van der Waals surface area contributed by atoms with Crippen LogP contribution in [0, 0.1) is 0 Å². The lowest BCUT2D eigenvalue weighted by Crippen LogP contribution is -2.13. The molecule has 1 amide bonds. The van der Waals surface area contributed by atoms with Gasteiger partial charge in [0.2, 0.25) is 11.8 Å². The van der Waals surface area contributed by atoms with Gasteiger partial charge in [-0.25, -0.2) is 4.79 Å². The van der Waals surface area contributed by atoms with Crippen molar-refractivity contribution in [3.63, 3.8) is 0 Å². The molecule has 27 heavy (non-hydrogen) atoms. The number of nitrogens with one attached hydrogen (secondary N) is 1. The first-order chi connectivity index (χ1) is 12.6. The Bertz CT molecular complexity index is 814. The summed E-state index contributed by atoms with van der Waals surface area (Å²) in [5, 5.41) is 15.5. The van der Waals surface area contributed by atoms with Crippen LogP contribution in [-0.4, -0.2) is 33.7 Å². The van der Waals surface area contributed by atoms with Crippen LogP contribution < -0.4 is 10.1 Å². The molecule has 0 aliphatic heterocycles. The topological polar surface area (TPSA) is 115 Å². The van der Waals surface area contributed by atoms with Crippen molar-refractivity contribution in [3.8, 4) is 5.75 Å². The molecule has 1 aromatic heterocycles. The zero-order valence-electron chi connectivity index (χ0n) is 15.4. The molecule has 0 radical (unpaired) electrons. The zero-order chi connectivity index (χ0) is 20.0. The van der Waals surface area contributed by atoms with E-state index in [1.165, 1.54) is 12.1 Å². The molecule has 0 saturated heterocycles. The molecule has 1 heterocycles. The first-order valence-electron chi connectivity index (χ1n) is 8.42. The van der Waals surface area contributed by atoms with Gasteiger partial charge in [-0.05, 0) is 24.6 Å². The van der Waals surface area contributed by atoms with Crippen molar-refractivity contribution in [2.75, 3.05) is 11.9 Å². The van der Waals surface area contributed by atoms with Crippen molar-refractivity contribution in [1.82, 2.24) is 10.1 Å². The van der Waals surface area contributed by atoms with E-state index in [0.717, 1.165) is 0 Å². The third-order valence-corrected chi connectivity index (χ3v) is 3.80. The number of carbonyl (C=O) groups excluding carboxylic acids is 1. The minimum atomic E-state index is -1.10. The minimum Gasteiger partial charge on any atom is -0.480 e. The number of rotatable bonds is 8. The number of carboxylic acid groups (broad SMARTS) is 1. The van der Waals surface area contributed by atoms with Gasteiger partial charge in [0.1, 0.15) is 5.75 Å². The number of aliphatic carboxylic acids is 1. The summed E-state index contributed by atoms with van der Waals surface area (Å²) in [6.07, 6.45) is 1.35. The third-order valence-electron chi connectivity index (χ3n) is 3.50. The summed E-state index contributed by atoms with van der Waals surface area (Å²) in [6, 6.07) is 4.60. The van der Waals surface area contributed by atoms with Gasteiger partial charge in [0.05, 0.1) is 5.02 Å². The fraction of sp³-hybridized carbons (Fsp3) is 0.444. The molecule has 8 nitrogen and oxygen atoms in total. The van der Waals surface area contributed by atoms with Crippen LogP contribution in [0.3, 0.4) is 0 Å². The molecule has 0 atom stereocenters. The monoisotopic (exact) mass is 395 g/mol. The Morgan fingerprint density at radius 2 is 2.07 bits per heavy atom. The van der Waals surface area contributed by atoms with E-state index in [0.29, 0.717) is 30.2 Å². The number of nitrogens with zero attached hydrogens (tertiary/aromatic N) is 2. The van der Waals surface area contributed by atoms with Crippen LogP contribution in [0.15, 0.2) is 22.7 Å². The Hall–Kier alpha value is -2.61. The maximum Gasteiger partial charge on any atom is 0.341 e. The lowest BCUT2D eigenvalue weighted by Gasteiger charge is -2.10. The quantitative estimate of drug-likeness (QED) is 0.703. The van der Waals surface area contributed by atoms with E-state index in [1.54, 1.807) is 6.07 Å². The van der Waals surface area contributed by atoms with Crippen molar-refractivity contribution >= 4 is 29.2 Å². The second kappa shape index (κ2) is 8.85. The van der Waals surface area contributed by atoms with Crippen molar-refractivity contribution < 1.29 is 24.0 Å². The lowest BCUT2D eigenvalue weighted by molar-refractivity contribution is -0.139. The van der Waals surface area contributed by atoms with Crippen LogP contribution in [0.1, 0.15) is 45.3 Å². The number of carbonyl (C=O) groups is 2. The van der Waals surface area contributed by atoms with Crippen LogP contribution in [0.4, 0.5) is 5.69 Å². The third kappa shape index (κ3) is 6.56. The molecule has 1 aromatic carbocycles. The number of hydrogen-bond donors (Lipinski definition) is 2. The highest BCUT2D eigenvalue weighted by Gasteiger charge is 2.20. The highest BCUT2D eigenvalue weighted by atomic mass is 35.5. The Kier molecular flexibility index (Phi) is 6.79. The number of carboxylic acids is 1. The molecule has 0 fully saturated rings. The van der Waals surface area contributed by atoms with E-state index in [9.17, 15) is 9.59 Å². The van der Waals surface area contributed by atoms with Crippen LogP contribution >= 0.6 is 11.6 Å². The second-order valence-corrected chi connectivity index (χ2v) is 7.40. The van der Waals surface area contributed by atoms with Crippen molar-refractivity contribution in [1.29, 1.82) is 0 Å². The van der Waals surface area contributed by atoms with Crippen molar-refractivity contribution in [3.05, 3.63) is 34.9 Å². The highest BCUT2D eigenvalue weighted by molar-refractivity contribution is 6.32. The molecule has 0 unspecified atom stereocenters. The Morgan fingerprint density at radius 1 is 1.33 bits per heavy atom. The van der Waals surface area contributed by atoms with Gasteiger partial charge in [-0.15, -0.1) is 0 Å². The van der Waals surface area contributed by atoms with Crippen LogP contribution in [0.25, 0.3) is 0 Å². The average Bonchev–Trinajstić information content (AvgIpc) is 3.03. The average molecular weight is 396 g/mol. The van der Waals surface area contributed by atoms with E-state index in [2.05, 4.69) is 15.5 Å². The molecule has 0 spiro atoms. The maximum absolute atomic E-state index is 12.0. The van der Waals surface area contributed by atoms with Crippen molar-refractivity contribution in [2.24, 2.45) is 0 Å². The first kappa shape index (κ1) is 20.7. The SMILES string of the molecule is CC(C)(C)c1noc(CCCC(=O)Nc2ccc(OCC(=O)O)c(Cl)c2)n1. The molecule has 0 saturated carbocycles. The number of anilines is 1. The van der Waals surface area contributed by atoms with Gasteiger partial charge in [0.25, 0.3) is 0 Å². The molecule has 0 aliphatic carbocycles. The number of halogens is 1. The molecule has 0 bridgehead atoms. The van der Waals surface area contributed by atoms with Gasteiger partial charge in [-0.1, -0.05) is 37.5 Å². The minimum absolute atomic E-state index is 0.180. The molecule has 0 aliphatic rings. The Morgan fingerprint density at radius 3 is 2.67 bits per heavy atom. The van der Waals surface area contributed by atoms with Gasteiger partial charge in [0.15, 0.2) is 12.4 Å². The Balaban J connectivity index is 1.81. The van der Waals surface area contributed by atoms with Crippen LogP contribution in [-0.2, 0) is 21.4 Å². The number of benzene rings is 1. The molecular formula is C18H22ClN3O5. The van der Waals surface area contributed by atoms with E-state index >= 15 is 0 Å². The van der Waals surface area contributed by atoms with Crippen molar-refractivity contribution in [2.45, 2.75) is 45.4 Å². The van der Waals surface area contributed by atoms with E-state index in [-0.39, 0.29) is 28.5 Å². The van der Waals surface area contributed by atoms with Gasteiger partial charge >= 0.3 is 5.97 Å². The second-order valence-electron chi connectivity index (χ2n) is 6.99. The fourth-order valence-corrected chi connectivity index (χ4v) is 2.35. The summed E-state index contributed by atoms with van der Waals surface area (Å²) < 4.78 is 10.2. The summed E-state index contributed by atoms with van der Waals surface area (Å²) in [6.45, 7) is 5.51. The molecule has 2 N–H and O–H groups in total. The molecule has 9 heteroatoms. The van der Waals surface area contributed by atoms with E-state index in [4.69, 9.17) is 26.0 Å². The predicted octanol–water partition coefficient (Wildman–Crippen LogP) is 3.45. The highest BCUT2D eigenvalue weighted by Crippen LogP contribution is 2.27. The summed E-state index contributed by atoms with van der Waals surface area (Å²) in [5.74, 6) is 0.112. The number of aryl methyl sites for hydroxylation is 1. The molecule has 2 rings (SSSR count). The zero-order valence-corrected chi connectivity index (χ0v) is 16.2. The number of ether oxygens (including phenoxy) is 1. The fourth-order valence-electron chi connectivity index (χ4n) is 2.12. The molecule has 146 valence electrons. The van der Waals surface area contributed by atoms with Gasteiger partial charge in [-0.3, -0.25) is 4.79 Å². The first-order valence-corrected chi connectivity index (χ1v) is 8.80. The summed E-state index contributed by atoms with van der Waals surface area (Å²) >= 11 is 6.02. The summed E-state index contributed by atoms with van der Waals surface area (Å²) in [5.41, 5.74) is 0.319. The number of aromatic nitrogens is 2. The lowest BCUT2D eigenvalue weighted by atomic mass is 9.96. The summed E-state index contributed by atoms with van der Waals surface area (Å²) in [4.78, 5) is 26.9. The molecular weight excluding hydrogens is 374 g/mol. The Labute approximate surface area is 161 Å². The van der Waals surface area contributed by atoms with E-state index < -0.39 is 12.6 Å². The maximum atomic E-state index is 12.0. The summed E-state index contributed by atoms with van der Waals surface area (Å²) in [7, 11) is 0. The normalized spacial score (nSPS) is 11.3. The van der Waals surface area contributed by atoms with Gasteiger partial charge < -0.3 is 19.7 Å². The van der Waals surface area contributed by atoms with Crippen LogP contribution in [0.5, 0.6) is 5.75 Å². The number of amides is 1. The van der Waals surface area contributed by atoms with Gasteiger partial charge in [-0.2, -0.15) is 4.98 Å². The molecule has 2 aromatic rings. The van der Waals surface area contributed by atoms with Crippen LogP contribution in [0.2, 0.25) is 5.02 Å². The number of hydrogen-bond acceptors (Lipinski definition) is 6. The standard InChI is InChI=1S/C18H22ClN3O5/c1-18(2,3)17-21-15(27-22-17)6-4-5-14(23)20-11-7-8-13(12(19)9-11)26-10-16(24)25/h7-9H,4-6,10H2,1-3H3,(H,20,23)(H,24,25). The largest absolute Gasteiger partial charge is 0.480 e.